The van der Waals surface area contributed by atoms with Gasteiger partial charge in [0.05, 0.1) is 0 Å². The lowest BCUT2D eigenvalue weighted by molar-refractivity contribution is 0.397. The van der Waals surface area contributed by atoms with Gasteiger partial charge >= 0.3 is 6.80 Å². The largest absolute Gasteiger partial charge is 0.390 e. The number of nitrogens with two attached hydrogens (primary N) is 1. The fourth-order valence-electron chi connectivity index (χ4n) is 0.117. The molecule has 0 heterocycles. The van der Waals surface area contributed by atoms with Gasteiger partial charge in [-0.15, -0.1) is 0 Å². The summed E-state index contributed by atoms with van der Waals surface area (Å²) < 4.78 is 9.69. The van der Waals surface area contributed by atoms with E-state index in [1.165, 1.54) is 0 Å². The monoisotopic (exact) mass is 173 g/mol. The minimum atomic E-state index is -4.07. The highest BCUT2D eigenvalue weighted by Gasteiger charge is 2.14. The van der Waals surface area contributed by atoms with E-state index in [0.717, 1.165) is 0 Å². The van der Waals surface area contributed by atoms with Crippen LogP contribution in [0.15, 0.2) is 0 Å². The Hall–Kier alpha value is 0.390. The summed E-state index contributed by atoms with van der Waals surface area (Å²) in [5.41, 5.74) is 4.78. The smallest absolute Gasteiger partial charge is 0.384 e. The first-order valence-electron chi connectivity index (χ1n) is 1.46. The lowest BCUT2D eigenvalue weighted by atomic mass is 11.5. The molecular weight excluding hydrogens is 169 g/mol. The SMILES string of the molecule is NC(=S)SP(=O)(O)O. The molecule has 4 N–H and O–H groups in total. The Bertz CT molecular complexity index is 140. The molecule has 0 atom stereocenters. The molecule has 0 bridgehead atoms. The van der Waals surface area contributed by atoms with E-state index in [-0.39, 0.29) is 15.7 Å². The van der Waals surface area contributed by atoms with Gasteiger partial charge < -0.3 is 15.5 Å². The molecular formula is CH4NO3PS2. The standard InChI is InChI=1S/CH4NO3PS2/c2-1(7)8-6(3,4)5/h(H2,2,7)(H2,3,4,5). The van der Waals surface area contributed by atoms with Crippen molar-refractivity contribution in [3.8, 4) is 0 Å². The molecule has 0 saturated heterocycles. The van der Waals surface area contributed by atoms with E-state index < -0.39 is 6.80 Å². The number of hydrogen-bond donors (Lipinski definition) is 3. The molecule has 0 amide bonds. The van der Waals surface area contributed by atoms with Crippen LogP contribution in [-0.4, -0.2) is 14.1 Å². The Morgan fingerprint density at radius 3 is 2.12 bits per heavy atom. The van der Waals surface area contributed by atoms with Crippen molar-refractivity contribution in [2.45, 2.75) is 0 Å². The third-order valence-electron chi connectivity index (χ3n) is 0.209. The van der Waals surface area contributed by atoms with E-state index in [2.05, 4.69) is 12.2 Å². The number of rotatable bonds is 1. The molecule has 0 aliphatic rings. The summed E-state index contributed by atoms with van der Waals surface area (Å²) in [5, 5.41) is 0. The molecule has 0 aromatic rings. The van der Waals surface area contributed by atoms with Gasteiger partial charge in [0.25, 0.3) is 0 Å². The molecule has 0 spiro atoms. The normalized spacial score (nSPS) is 11.2. The van der Waals surface area contributed by atoms with Crippen molar-refractivity contribution in [3.05, 3.63) is 0 Å². The topological polar surface area (TPSA) is 83.6 Å². The first-order chi connectivity index (χ1) is 3.42. The van der Waals surface area contributed by atoms with Crippen LogP contribution in [0.1, 0.15) is 0 Å². The summed E-state index contributed by atoms with van der Waals surface area (Å²) >= 11 is 4.38. The summed E-state index contributed by atoms with van der Waals surface area (Å²) in [6, 6.07) is 0. The van der Waals surface area contributed by atoms with Gasteiger partial charge in [0.2, 0.25) is 0 Å². The van der Waals surface area contributed by atoms with Gasteiger partial charge in [0.15, 0.2) is 0 Å². The number of hydrogen-bond acceptors (Lipinski definition) is 3. The quantitative estimate of drug-likeness (QED) is 0.384. The molecule has 0 saturated carbocycles. The zero-order chi connectivity index (χ0) is 6.78. The average molecular weight is 173 g/mol. The van der Waals surface area contributed by atoms with Crippen LogP contribution in [0.3, 0.4) is 0 Å². The van der Waals surface area contributed by atoms with E-state index in [0.29, 0.717) is 0 Å². The summed E-state index contributed by atoms with van der Waals surface area (Å²) in [5.74, 6) is 0. The third kappa shape index (κ3) is 6.39. The van der Waals surface area contributed by atoms with Gasteiger partial charge in [0.1, 0.15) is 4.32 Å². The van der Waals surface area contributed by atoms with Crippen LogP contribution in [0.4, 0.5) is 0 Å². The maximum atomic E-state index is 9.93. The highest BCUT2D eigenvalue weighted by atomic mass is 32.7. The molecule has 0 aliphatic heterocycles. The molecule has 0 aliphatic carbocycles. The van der Waals surface area contributed by atoms with Crippen molar-refractivity contribution in [2.75, 3.05) is 0 Å². The molecule has 0 fully saturated rings. The molecule has 4 nitrogen and oxygen atoms in total. The molecule has 7 heteroatoms. The van der Waals surface area contributed by atoms with Gasteiger partial charge in [-0.05, 0) is 0 Å². The summed E-state index contributed by atoms with van der Waals surface area (Å²) in [4.78, 5) is 16.2. The Kier molecular flexibility index (Phi) is 2.93. The lowest BCUT2D eigenvalue weighted by Crippen LogP contribution is -2.00. The first kappa shape index (κ1) is 8.39. The van der Waals surface area contributed by atoms with Gasteiger partial charge in [-0.25, -0.2) is 4.57 Å². The van der Waals surface area contributed by atoms with Gasteiger partial charge in [-0.2, -0.15) is 0 Å². The van der Waals surface area contributed by atoms with E-state index in [1.54, 1.807) is 0 Å². The van der Waals surface area contributed by atoms with E-state index in [1.807, 2.05) is 0 Å². The zero-order valence-corrected chi connectivity index (χ0v) is 6.17. The second kappa shape index (κ2) is 2.80. The highest BCUT2D eigenvalue weighted by molar-refractivity contribution is 8.64. The van der Waals surface area contributed by atoms with Crippen molar-refractivity contribution in [1.82, 2.24) is 0 Å². The average Bonchev–Trinajstić information content (AvgIpc) is 1.21. The van der Waals surface area contributed by atoms with Gasteiger partial charge in [-0.1, -0.05) is 12.2 Å². The highest BCUT2D eigenvalue weighted by Crippen LogP contribution is 2.49. The predicted octanol–water partition coefficient (Wildman–Crippen LogP) is 0.0559. The lowest BCUT2D eigenvalue weighted by Gasteiger charge is -1.97. The minimum Gasteiger partial charge on any atom is -0.384 e. The van der Waals surface area contributed by atoms with E-state index >= 15 is 0 Å². The van der Waals surface area contributed by atoms with Crippen LogP contribution < -0.4 is 5.73 Å². The molecule has 0 aromatic carbocycles. The summed E-state index contributed by atoms with van der Waals surface area (Å²) in [7, 11) is 0. The van der Waals surface area contributed by atoms with Crippen LogP contribution >= 0.6 is 30.4 Å². The summed E-state index contributed by atoms with van der Waals surface area (Å²) in [6.07, 6.45) is 0. The van der Waals surface area contributed by atoms with Crippen molar-refractivity contribution in [3.63, 3.8) is 0 Å². The second-order valence-corrected chi connectivity index (χ2v) is 5.18. The number of thiocarbonyl (C=S) groups is 1. The maximum Gasteiger partial charge on any atom is 0.390 e. The zero-order valence-electron chi connectivity index (χ0n) is 3.64. The van der Waals surface area contributed by atoms with E-state index in [4.69, 9.17) is 15.5 Å². The van der Waals surface area contributed by atoms with Gasteiger partial charge in [-0.3, -0.25) is 0 Å². The fraction of sp³-hybridized carbons (Fsp3) is 0. The Morgan fingerprint density at radius 2 is 2.12 bits per heavy atom. The van der Waals surface area contributed by atoms with Crippen LogP contribution in [-0.2, 0) is 4.57 Å². The Balaban J connectivity index is 3.74. The third-order valence-corrected chi connectivity index (χ3v) is 2.55. The fourth-order valence-corrected chi connectivity index (χ4v) is 1.93. The minimum absolute atomic E-state index is 0.187. The van der Waals surface area contributed by atoms with Crippen molar-refractivity contribution >= 4 is 34.7 Å². The Labute approximate surface area is 55.4 Å². The molecule has 8 heavy (non-hydrogen) atoms. The first-order valence-corrected chi connectivity index (χ1v) is 4.90. The van der Waals surface area contributed by atoms with Crippen LogP contribution in [0.5, 0.6) is 0 Å². The van der Waals surface area contributed by atoms with Crippen LogP contribution in [0.2, 0.25) is 0 Å². The van der Waals surface area contributed by atoms with Gasteiger partial charge in [0, 0.05) is 11.4 Å². The Morgan fingerprint density at radius 1 is 1.75 bits per heavy atom. The molecule has 0 radical (unpaired) electrons. The second-order valence-electron chi connectivity index (χ2n) is 0.901. The van der Waals surface area contributed by atoms with E-state index in [9.17, 15) is 4.57 Å². The van der Waals surface area contributed by atoms with Crippen LogP contribution in [0, 0.1) is 0 Å². The maximum absolute atomic E-state index is 9.93. The van der Waals surface area contributed by atoms with Crippen molar-refractivity contribution in [2.24, 2.45) is 5.73 Å². The molecule has 0 aromatic heterocycles. The predicted molar refractivity (Wildman–Crippen MR) is 36.4 cm³/mol. The molecule has 0 rings (SSSR count). The summed E-state index contributed by atoms with van der Waals surface area (Å²) in [6.45, 7) is -4.07. The molecule has 48 valence electrons. The van der Waals surface area contributed by atoms with Crippen molar-refractivity contribution in [1.29, 1.82) is 0 Å². The van der Waals surface area contributed by atoms with Crippen LogP contribution in [0.25, 0.3) is 0 Å². The molecule has 0 unspecified atom stereocenters. The van der Waals surface area contributed by atoms with Crippen molar-refractivity contribution < 1.29 is 14.4 Å².